The van der Waals surface area contributed by atoms with Crippen LogP contribution in [0.4, 0.5) is 10.1 Å². The second-order valence-electron chi connectivity index (χ2n) is 6.82. The third kappa shape index (κ3) is 4.95. The van der Waals surface area contributed by atoms with E-state index in [0.717, 1.165) is 27.2 Å². The second kappa shape index (κ2) is 9.88. The molecule has 162 valence electrons. The molecule has 32 heavy (non-hydrogen) atoms. The predicted molar refractivity (Wildman–Crippen MR) is 127 cm³/mol. The van der Waals surface area contributed by atoms with Crippen molar-refractivity contribution in [3.8, 4) is 11.4 Å². The number of hydrogen-bond acceptors (Lipinski definition) is 6. The molecule has 1 atom stereocenters. The fourth-order valence-corrected chi connectivity index (χ4v) is 4.60. The largest absolute Gasteiger partial charge is 0.335 e. The van der Waals surface area contributed by atoms with Crippen LogP contribution in [0.25, 0.3) is 11.4 Å². The molecule has 1 amide bonds. The number of carbonyl (C=O) groups is 1. The monoisotopic (exact) mass is 465 g/mol. The average molecular weight is 466 g/mol. The van der Waals surface area contributed by atoms with E-state index in [2.05, 4.69) is 15.5 Å². The van der Waals surface area contributed by atoms with Gasteiger partial charge in [0.05, 0.1) is 16.5 Å². The summed E-state index contributed by atoms with van der Waals surface area (Å²) in [6.45, 7) is 1.75. The maximum absolute atomic E-state index is 14.1. The van der Waals surface area contributed by atoms with E-state index in [1.165, 1.54) is 10.7 Å². The Morgan fingerprint density at radius 2 is 1.69 bits per heavy atom. The quantitative estimate of drug-likeness (QED) is 0.293. The molecule has 4 rings (SSSR count). The molecular weight excluding hydrogens is 445 g/mol. The number of nitrogen functional groups attached to an aromatic ring is 1. The molecule has 1 aromatic heterocycles. The number of nitrogens with zero attached hydrogens (tertiary/aromatic N) is 3. The van der Waals surface area contributed by atoms with E-state index in [1.54, 1.807) is 36.9 Å². The summed E-state index contributed by atoms with van der Waals surface area (Å²) in [5.74, 6) is 5.64. The molecule has 6 nitrogen and oxygen atoms in total. The highest BCUT2D eigenvalue weighted by Gasteiger charge is 2.21. The number of benzene rings is 3. The van der Waals surface area contributed by atoms with Gasteiger partial charge in [-0.3, -0.25) is 4.79 Å². The van der Waals surface area contributed by atoms with Crippen LogP contribution in [0, 0.1) is 5.82 Å². The highest BCUT2D eigenvalue weighted by molar-refractivity contribution is 8.00. The first kappa shape index (κ1) is 21.9. The number of rotatable bonds is 7. The zero-order valence-corrected chi connectivity index (χ0v) is 18.7. The number of carbonyl (C=O) groups excluding carboxylic acids is 1. The van der Waals surface area contributed by atoms with Crippen molar-refractivity contribution in [2.45, 2.75) is 27.1 Å². The Morgan fingerprint density at radius 3 is 2.47 bits per heavy atom. The lowest BCUT2D eigenvalue weighted by Gasteiger charge is -2.14. The molecule has 0 saturated carbocycles. The zero-order valence-electron chi connectivity index (χ0n) is 17.1. The molecule has 0 saturated heterocycles. The van der Waals surface area contributed by atoms with Crippen molar-refractivity contribution in [3.05, 3.63) is 84.7 Å². The molecule has 0 bridgehead atoms. The van der Waals surface area contributed by atoms with Crippen LogP contribution in [0.5, 0.6) is 0 Å². The van der Waals surface area contributed by atoms with E-state index in [-0.39, 0.29) is 17.3 Å². The fourth-order valence-electron chi connectivity index (χ4n) is 2.90. The van der Waals surface area contributed by atoms with Gasteiger partial charge in [-0.2, -0.15) is 0 Å². The average Bonchev–Trinajstić information content (AvgIpc) is 3.16. The first-order valence-corrected chi connectivity index (χ1v) is 11.5. The number of hydrogen-bond donors (Lipinski definition) is 2. The summed E-state index contributed by atoms with van der Waals surface area (Å²) < 4.78 is 15.3. The highest BCUT2D eigenvalue weighted by Crippen LogP contribution is 2.34. The van der Waals surface area contributed by atoms with Crippen molar-refractivity contribution in [2.24, 2.45) is 0 Å². The van der Waals surface area contributed by atoms with Gasteiger partial charge in [0.1, 0.15) is 5.82 Å². The Morgan fingerprint density at radius 1 is 1.00 bits per heavy atom. The highest BCUT2D eigenvalue weighted by atomic mass is 32.2. The number of anilines is 1. The summed E-state index contributed by atoms with van der Waals surface area (Å²) in [6, 6.07) is 23.8. The number of thioether (sulfide) groups is 1. The lowest BCUT2D eigenvalue weighted by Crippen LogP contribution is -2.24. The molecule has 3 aromatic carbocycles. The van der Waals surface area contributed by atoms with Gasteiger partial charge in [-0.25, -0.2) is 9.07 Å². The molecule has 9 heteroatoms. The minimum absolute atomic E-state index is 0.197. The number of nitrogens with two attached hydrogens (primary N) is 1. The normalized spacial score (nSPS) is 11.8. The molecule has 1 heterocycles. The van der Waals surface area contributed by atoms with Crippen LogP contribution in [0.3, 0.4) is 0 Å². The maximum atomic E-state index is 14.1. The Balaban J connectivity index is 1.46. The van der Waals surface area contributed by atoms with Gasteiger partial charge in [0.2, 0.25) is 11.1 Å². The summed E-state index contributed by atoms with van der Waals surface area (Å²) in [6.07, 6.45) is 0. The van der Waals surface area contributed by atoms with Crippen molar-refractivity contribution in [2.75, 3.05) is 11.2 Å². The van der Waals surface area contributed by atoms with Crippen LogP contribution >= 0.6 is 23.5 Å². The first-order chi connectivity index (χ1) is 15.5. The third-order valence-corrected chi connectivity index (χ3v) is 6.69. The maximum Gasteiger partial charge on any atom is 0.237 e. The summed E-state index contributed by atoms with van der Waals surface area (Å²) in [7, 11) is 0. The molecule has 0 radical (unpaired) electrons. The molecule has 0 aliphatic rings. The number of aromatic nitrogens is 3. The zero-order chi connectivity index (χ0) is 22.5. The molecule has 1 unspecified atom stereocenters. The molecule has 3 N–H and O–H groups in total. The Labute approximate surface area is 193 Å². The van der Waals surface area contributed by atoms with Crippen LogP contribution in [0.2, 0.25) is 0 Å². The van der Waals surface area contributed by atoms with Gasteiger partial charge >= 0.3 is 0 Å². The smallest absolute Gasteiger partial charge is 0.237 e. The molecule has 4 aromatic rings. The van der Waals surface area contributed by atoms with E-state index in [0.29, 0.717) is 5.16 Å². The van der Waals surface area contributed by atoms with Gasteiger partial charge in [-0.15, -0.1) is 10.2 Å². The van der Waals surface area contributed by atoms with Gasteiger partial charge < -0.3 is 11.2 Å². The molecule has 0 aliphatic carbocycles. The minimum Gasteiger partial charge on any atom is -0.335 e. The Bertz CT molecular complexity index is 1230. The first-order valence-electron chi connectivity index (χ1n) is 9.78. The third-order valence-electron chi connectivity index (χ3n) is 4.55. The minimum atomic E-state index is -0.509. The number of nitrogens with one attached hydrogen (secondary N) is 1. The van der Waals surface area contributed by atoms with Gasteiger partial charge in [0, 0.05) is 9.79 Å². The van der Waals surface area contributed by atoms with Crippen molar-refractivity contribution >= 4 is 35.1 Å². The van der Waals surface area contributed by atoms with E-state index in [1.807, 2.05) is 54.6 Å². The van der Waals surface area contributed by atoms with Crippen LogP contribution in [0.1, 0.15) is 6.92 Å². The number of halogens is 1. The van der Waals surface area contributed by atoms with Gasteiger partial charge in [-0.05, 0) is 43.3 Å². The van der Waals surface area contributed by atoms with Gasteiger partial charge in [0.25, 0.3) is 0 Å². The lowest BCUT2D eigenvalue weighted by atomic mass is 10.2. The van der Waals surface area contributed by atoms with E-state index in [9.17, 15) is 9.18 Å². The van der Waals surface area contributed by atoms with E-state index in [4.69, 9.17) is 5.84 Å². The van der Waals surface area contributed by atoms with Crippen LogP contribution < -0.4 is 11.2 Å². The molecule has 0 spiro atoms. The Kier molecular flexibility index (Phi) is 6.77. The van der Waals surface area contributed by atoms with Crippen LogP contribution in [-0.2, 0) is 4.79 Å². The Hall–Kier alpha value is -3.30. The van der Waals surface area contributed by atoms with Crippen LogP contribution in [0.15, 0.2) is 93.8 Å². The summed E-state index contributed by atoms with van der Waals surface area (Å²) in [5, 5.41) is 10.8. The second-order valence-corrected chi connectivity index (χ2v) is 9.24. The number of para-hydroxylation sites is 1. The standard InChI is InChI=1S/C23H20FN5OS2/c1-15(31-23-28-27-21(29(23)25)17-11-5-6-12-18(17)24)22(30)26-19-13-7-8-14-20(19)32-16-9-3-2-4-10-16/h2-15H,25H2,1H3,(H,26,30). The van der Waals surface area contributed by atoms with Crippen molar-refractivity contribution in [3.63, 3.8) is 0 Å². The molecule has 0 fully saturated rings. The van der Waals surface area contributed by atoms with Crippen LogP contribution in [-0.4, -0.2) is 26.0 Å². The predicted octanol–water partition coefficient (Wildman–Crippen LogP) is 5.07. The van der Waals surface area contributed by atoms with Gasteiger partial charge in [-0.1, -0.05) is 66.0 Å². The van der Waals surface area contributed by atoms with E-state index >= 15 is 0 Å². The summed E-state index contributed by atoms with van der Waals surface area (Å²) in [5.41, 5.74) is 0.971. The summed E-state index contributed by atoms with van der Waals surface area (Å²) in [4.78, 5) is 14.9. The summed E-state index contributed by atoms with van der Waals surface area (Å²) >= 11 is 2.72. The van der Waals surface area contributed by atoms with Gasteiger partial charge in [0.15, 0.2) is 5.82 Å². The number of amides is 1. The molecule has 0 aliphatic heterocycles. The van der Waals surface area contributed by atoms with Crippen molar-refractivity contribution < 1.29 is 9.18 Å². The SMILES string of the molecule is CC(Sc1nnc(-c2ccccc2F)n1N)C(=O)Nc1ccccc1Sc1ccccc1. The van der Waals surface area contributed by atoms with Crippen molar-refractivity contribution in [1.82, 2.24) is 14.9 Å². The molecular formula is C23H20FN5OS2. The lowest BCUT2D eigenvalue weighted by molar-refractivity contribution is -0.115. The fraction of sp³-hybridized carbons (Fsp3) is 0.0870. The van der Waals surface area contributed by atoms with E-state index < -0.39 is 11.1 Å². The topological polar surface area (TPSA) is 85.8 Å². The van der Waals surface area contributed by atoms with Crippen molar-refractivity contribution in [1.29, 1.82) is 0 Å².